The van der Waals surface area contributed by atoms with E-state index in [1.54, 1.807) is 24.3 Å². The number of rotatable bonds is 6. The van der Waals surface area contributed by atoms with Gasteiger partial charge in [0.25, 0.3) is 0 Å². The second-order valence-electron chi connectivity index (χ2n) is 8.22. The van der Waals surface area contributed by atoms with Crippen LogP contribution < -0.4 is 0 Å². The number of hydrogen-bond acceptors (Lipinski definition) is 1. The van der Waals surface area contributed by atoms with E-state index in [4.69, 9.17) is 6.57 Å². The molecule has 0 heterocycles. The second kappa shape index (κ2) is 9.45. The Kier molecular flexibility index (Phi) is 6.87. The minimum atomic E-state index is -4.47. The minimum Gasteiger partial charge on any atom is -0.481 e. The van der Waals surface area contributed by atoms with Gasteiger partial charge in [0.15, 0.2) is 0 Å². The first-order valence-corrected chi connectivity index (χ1v) is 10.2. The van der Waals surface area contributed by atoms with Crippen LogP contribution in [0.5, 0.6) is 0 Å². The van der Waals surface area contributed by atoms with E-state index in [0.29, 0.717) is 34.2 Å². The molecule has 0 saturated heterocycles. The molecule has 7 heteroatoms. The van der Waals surface area contributed by atoms with Gasteiger partial charge in [0.2, 0.25) is 5.69 Å². The van der Waals surface area contributed by atoms with Gasteiger partial charge in [0.1, 0.15) is 5.82 Å². The third-order valence-corrected chi connectivity index (χ3v) is 5.31. The van der Waals surface area contributed by atoms with Gasteiger partial charge in [-0.3, -0.25) is 4.79 Å². The fraction of sp³-hybridized carbons (Fsp3) is 0.231. The highest BCUT2D eigenvalue weighted by atomic mass is 19.4. The summed E-state index contributed by atoms with van der Waals surface area (Å²) in [6.45, 7) is 10.8. The van der Waals surface area contributed by atoms with Crippen molar-refractivity contribution in [1.82, 2.24) is 0 Å². The number of halogens is 4. The molecule has 3 rings (SSSR count). The maximum atomic E-state index is 14.3. The molecule has 3 nitrogen and oxygen atoms in total. The van der Waals surface area contributed by atoms with Gasteiger partial charge in [-0.15, -0.1) is 0 Å². The molecule has 0 fully saturated rings. The van der Waals surface area contributed by atoms with Crippen molar-refractivity contribution in [2.75, 3.05) is 0 Å². The van der Waals surface area contributed by atoms with Gasteiger partial charge in [-0.1, -0.05) is 50.2 Å². The van der Waals surface area contributed by atoms with Crippen molar-refractivity contribution < 1.29 is 27.5 Å². The predicted octanol–water partition coefficient (Wildman–Crippen LogP) is 7.94. The molecular weight excluding hydrogens is 434 g/mol. The molecule has 0 aliphatic heterocycles. The van der Waals surface area contributed by atoms with Crippen molar-refractivity contribution in [3.63, 3.8) is 0 Å². The molecule has 0 aromatic heterocycles. The number of aliphatic carboxylic acids is 1. The van der Waals surface area contributed by atoms with Crippen molar-refractivity contribution in [2.45, 2.75) is 32.4 Å². The topological polar surface area (TPSA) is 41.7 Å². The van der Waals surface area contributed by atoms with E-state index in [9.17, 15) is 27.5 Å². The Hall–Kier alpha value is -3.66. The smallest absolute Gasteiger partial charge is 0.416 e. The average molecular weight is 455 g/mol. The Morgan fingerprint density at radius 2 is 1.52 bits per heavy atom. The molecule has 170 valence electrons. The molecule has 0 saturated carbocycles. The predicted molar refractivity (Wildman–Crippen MR) is 118 cm³/mol. The second-order valence-corrected chi connectivity index (χ2v) is 8.22. The van der Waals surface area contributed by atoms with E-state index in [-0.39, 0.29) is 11.6 Å². The summed E-state index contributed by atoms with van der Waals surface area (Å²) in [4.78, 5) is 15.1. The summed E-state index contributed by atoms with van der Waals surface area (Å²) in [6, 6.07) is 13.7. The van der Waals surface area contributed by atoms with Crippen LogP contribution in [0.3, 0.4) is 0 Å². The number of hydrogen-bond donors (Lipinski definition) is 1. The van der Waals surface area contributed by atoms with Crippen molar-refractivity contribution in [1.29, 1.82) is 0 Å². The minimum absolute atomic E-state index is 0.0830. The molecule has 1 unspecified atom stereocenters. The van der Waals surface area contributed by atoms with E-state index in [0.717, 1.165) is 12.1 Å². The average Bonchev–Trinajstić information content (AvgIpc) is 2.76. The zero-order valence-corrected chi connectivity index (χ0v) is 17.9. The first kappa shape index (κ1) is 24.0. The highest BCUT2D eigenvalue weighted by Crippen LogP contribution is 2.36. The van der Waals surface area contributed by atoms with E-state index in [1.165, 1.54) is 24.3 Å². The normalized spacial score (nSPS) is 12.4. The molecule has 0 aliphatic rings. The Labute approximate surface area is 189 Å². The van der Waals surface area contributed by atoms with Gasteiger partial charge in [-0.25, -0.2) is 9.24 Å². The molecule has 1 N–H and O–H groups in total. The third kappa shape index (κ3) is 5.58. The Morgan fingerprint density at radius 3 is 2.00 bits per heavy atom. The van der Waals surface area contributed by atoms with Crippen LogP contribution in [-0.2, 0) is 11.0 Å². The number of benzene rings is 3. The van der Waals surface area contributed by atoms with E-state index < -0.39 is 29.4 Å². The zero-order chi connectivity index (χ0) is 24.3. The number of carboxylic acid groups (broad SMARTS) is 1. The summed E-state index contributed by atoms with van der Waals surface area (Å²) < 4.78 is 53.2. The van der Waals surface area contributed by atoms with Crippen LogP contribution in [0.25, 0.3) is 27.1 Å². The van der Waals surface area contributed by atoms with Crippen molar-refractivity contribution >= 4 is 11.7 Å². The van der Waals surface area contributed by atoms with Crippen molar-refractivity contribution in [3.8, 4) is 22.3 Å². The van der Waals surface area contributed by atoms with Gasteiger partial charge >= 0.3 is 12.1 Å². The molecule has 33 heavy (non-hydrogen) atoms. The highest BCUT2D eigenvalue weighted by molar-refractivity contribution is 5.81. The van der Waals surface area contributed by atoms with Crippen molar-refractivity contribution in [2.24, 2.45) is 5.92 Å². The standard InChI is InChI=1S/C26H21F4NO2/c1-15(2)10-22(25(32)33)20-12-18(16-4-7-21(8-5-16)26(28,29)30)11-19(13-20)17-6-9-24(31-3)23(27)14-17/h4-9,11-15,22H,10H2,1-2H3,(H,32,33). The fourth-order valence-corrected chi connectivity index (χ4v) is 3.67. The molecule has 0 amide bonds. The van der Waals surface area contributed by atoms with Gasteiger partial charge in [0, 0.05) is 0 Å². The van der Waals surface area contributed by atoms with Gasteiger partial charge in [-0.05, 0) is 64.4 Å². The number of alkyl halides is 3. The molecule has 0 spiro atoms. The quantitative estimate of drug-likeness (QED) is 0.303. The Morgan fingerprint density at radius 1 is 0.939 bits per heavy atom. The Bertz CT molecular complexity index is 1210. The van der Waals surface area contributed by atoms with Crippen LogP contribution >= 0.6 is 0 Å². The molecular formula is C26H21F4NO2. The van der Waals surface area contributed by atoms with Crippen molar-refractivity contribution in [3.05, 3.63) is 89.0 Å². The lowest BCUT2D eigenvalue weighted by atomic mass is 9.86. The summed E-state index contributed by atoms with van der Waals surface area (Å²) >= 11 is 0. The van der Waals surface area contributed by atoms with Crippen LogP contribution in [0.15, 0.2) is 60.7 Å². The van der Waals surface area contributed by atoms with Gasteiger partial charge < -0.3 is 5.11 Å². The van der Waals surface area contributed by atoms with Gasteiger partial charge in [0.05, 0.1) is 18.1 Å². The fourth-order valence-electron chi connectivity index (χ4n) is 3.67. The summed E-state index contributed by atoms with van der Waals surface area (Å²) in [5, 5.41) is 9.82. The largest absolute Gasteiger partial charge is 0.481 e. The summed E-state index contributed by atoms with van der Waals surface area (Å²) in [5.41, 5.74) is 1.47. The Balaban J connectivity index is 2.18. The lowest BCUT2D eigenvalue weighted by Gasteiger charge is -2.18. The molecule has 0 bridgehead atoms. The van der Waals surface area contributed by atoms with Crippen LogP contribution in [0.2, 0.25) is 0 Å². The number of nitrogens with zero attached hydrogens (tertiary/aromatic N) is 1. The maximum Gasteiger partial charge on any atom is 0.416 e. The SMILES string of the molecule is [C-]#[N+]c1ccc(-c2cc(-c3ccc(C(F)(F)F)cc3)cc(C(CC(C)C)C(=O)O)c2)cc1F. The summed E-state index contributed by atoms with van der Waals surface area (Å²) in [6.07, 6.45) is -4.12. The molecule has 0 aliphatic carbocycles. The number of carbonyl (C=O) groups is 1. The first-order chi connectivity index (χ1) is 15.5. The number of carboxylic acids is 1. The van der Waals surface area contributed by atoms with Crippen LogP contribution in [0, 0.1) is 18.3 Å². The third-order valence-electron chi connectivity index (χ3n) is 5.31. The molecule has 3 aromatic carbocycles. The summed E-state index contributed by atoms with van der Waals surface area (Å²) in [5.74, 6) is -2.49. The van der Waals surface area contributed by atoms with Crippen LogP contribution in [0.1, 0.15) is 37.3 Å². The summed E-state index contributed by atoms with van der Waals surface area (Å²) in [7, 11) is 0. The van der Waals surface area contributed by atoms with E-state index in [2.05, 4.69) is 4.85 Å². The lowest BCUT2D eigenvalue weighted by Crippen LogP contribution is -2.14. The monoisotopic (exact) mass is 455 g/mol. The van der Waals surface area contributed by atoms with E-state index in [1.807, 2.05) is 13.8 Å². The molecule has 3 aromatic rings. The molecule has 0 radical (unpaired) electrons. The molecule has 1 atom stereocenters. The maximum absolute atomic E-state index is 14.3. The van der Waals surface area contributed by atoms with Crippen LogP contribution in [-0.4, -0.2) is 11.1 Å². The zero-order valence-electron chi connectivity index (χ0n) is 17.9. The first-order valence-electron chi connectivity index (χ1n) is 10.2. The van der Waals surface area contributed by atoms with Crippen LogP contribution in [0.4, 0.5) is 23.2 Å². The highest BCUT2D eigenvalue weighted by Gasteiger charge is 2.30. The lowest BCUT2D eigenvalue weighted by molar-refractivity contribution is -0.139. The van der Waals surface area contributed by atoms with Gasteiger partial charge in [-0.2, -0.15) is 13.2 Å². The van der Waals surface area contributed by atoms with E-state index >= 15 is 0 Å².